The van der Waals surface area contributed by atoms with Crippen LogP contribution in [0.5, 0.6) is 0 Å². The average molecular weight is 260 g/mol. The van der Waals surface area contributed by atoms with Gasteiger partial charge in [0.05, 0.1) is 12.7 Å². The lowest BCUT2D eigenvalue weighted by Crippen LogP contribution is -2.44. The first kappa shape index (κ1) is 12.4. The zero-order chi connectivity index (χ0) is 12.8. The highest BCUT2D eigenvalue weighted by Crippen LogP contribution is 2.60. The third-order valence-electron chi connectivity index (χ3n) is 6.36. The minimum absolute atomic E-state index is 0.422. The Morgan fingerprint density at radius 3 is 2.47 bits per heavy atom. The Hall–Kier alpha value is -0.300. The Kier molecular flexibility index (Phi) is 3.22. The fourth-order valence-corrected chi connectivity index (χ4v) is 5.37. The van der Waals surface area contributed by atoms with E-state index in [0.717, 1.165) is 30.3 Å². The Balaban J connectivity index is 1.37. The van der Waals surface area contributed by atoms with E-state index in [4.69, 9.17) is 4.74 Å². The monoisotopic (exact) mass is 260 g/mol. The second-order valence-corrected chi connectivity index (χ2v) is 7.63. The Bertz CT molecular complexity index is 363. The predicted octanol–water partition coefficient (Wildman–Crippen LogP) is 4.72. The Morgan fingerprint density at radius 1 is 1.05 bits per heavy atom. The van der Waals surface area contributed by atoms with Crippen LogP contribution in [-0.4, -0.2) is 12.7 Å². The molecule has 6 aliphatic rings. The molecule has 0 saturated heterocycles. The van der Waals surface area contributed by atoms with Crippen LogP contribution in [0.4, 0.5) is 0 Å². The summed E-state index contributed by atoms with van der Waals surface area (Å²) < 4.78 is 6.28. The van der Waals surface area contributed by atoms with Gasteiger partial charge in [-0.3, -0.25) is 0 Å². The molecule has 0 spiro atoms. The van der Waals surface area contributed by atoms with Crippen molar-refractivity contribution >= 4 is 0 Å². The van der Waals surface area contributed by atoms with Gasteiger partial charge in [-0.1, -0.05) is 24.8 Å². The minimum Gasteiger partial charge on any atom is -0.374 e. The van der Waals surface area contributed by atoms with Crippen molar-refractivity contribution in [3.05, 3.63) is 11.1 Å². The molecule has 0 aromatic rings. The molecule has 4 bridgehead atoms. The van der Waals surface area contributed by atoms with Gasteiger partial charge >= 0.3 is 0 Å². The molecule has 0 aromatic carbocycles. The van der Waals surface area contributed by atoms with Gasteiger partial charge in [0.1, 0.15) is 0 Å². The molecule has 0 aliphatic heterocycles. The maximum absolute atomic E-state index is 6.28. The summed E-state index contributed by atoms with van der Waals surface area (Å²) in [6.07, 6.45) is 13.4. The van der Waals surface area contributed by atoms with E-state index >= 15 is 0 Å². The first-order chi connectivity index (χ1) is 9.31. The molecular formula is C18H28O. The lowest BCUT2D eigenvalue weighted by Gasteiger charge is -2.54. The van der Waals surface area contributed by atoms with Crippen LogP contribution in [0, 0.1) is 23.7 Å². The molecule has 0 amide bonds. The Labute approximate surface area is 117 Å². The van der Waals surface area contributed by atoms with Gasteiger partial charge < -0.3 is 4.74 Å². The fraction of sp³-hybridized carbons (Fsp3) is 0.889. The molecule has 0 radical (unpaired) electrons. The van der Waals surface area contributed by atoms with E-state index in [0.29, 0.717) is 6.10 Å². The van der Waals surface area contributed by atoms with Gasteiger partial charge in [-0.25, -0.2) is 0 Å². The van der Waals surface area contributed by atoms with Crippen molar-refractivity contribution in [2.45, 2.75) is 70.8 Å². The van der Waals surface area contributed by atoms with Crippen LogP contribution in [0.1, 0.15) is 64.7 Å². The smallest absolute Gasteiger partial charge is 0.0759 e. The van der Waals surface area contributed by atoms with Gasteiger partial charge in [-0.2, -0.15) is 0 Å². The largest absolute Gasteiger partial charge is 0.374 e. The summed E-state index contributed by atoms with van der Waals surface area (Å²) in [5.41, 5.74) is 3.60. The van der Waals surface area contributed by atoms with E-state index in [1.54, 1.807) is 5.57 Å². The molecule has 0 aromatic heterocycles. The average Bonchev–Trinajstić information content (AvgIpc) is 2.45. The Morgan fingerprint density at radius 2 is 1.79 bits per heavy atom. The van der Waals surface area contributed by atoms with E-state index in [1.165, 1.54) is 57.8 Å². The summed E-state index contributed by atoms with van der Waals surface area (Å²) in [6.45, 7) is 3.35. The van der Waals surface area contributed by atoms with Crippen molar-refractivity contribution in [3.8, 4) is 0 Å². The van der Waals surface area contributed by atoms with Crippen LogP contribution in [-0.2, 0) is 4.74 Å². The number of hydrogen-bond acceptors (Lipinski definition) is 1. The maximum Gasteiger partial charge on any atom is 0.0759 e. The van der Waals surface area contributed by atoms with Crippen LogP contribution in [0.2, 0.25) is 0 Å². The van der Waals surface area contributed by atoms with Crippen molar-refractivity contribution in [3.63, 3.8) is 0 Å². The first-order valence-electron chi connectivity index (χ1n) is 8.65. The summed E-state index contributed by atoms with van der Waals surface area (Å²) in [6, 6.07) is 0. The van der Waals surface area contributed by atoms with Crippen LogP contribution in [0.25, 0.3) is 0 Å². The molecule has 4 fully saturated rings. The molecular weight excluding hydrogens is 232 g/mol. The second-order valence-electron chi connectivity index (χ2n) is 7.63. The molecule has 0 N–H and O–H groups in total. The first-order valence-corrected chi connectivity index (χ1v) is 8.65. The zero-order valence-electron chi connectivity index (χ0n) is 12.4. The normalized spacial score (nSPS) is 39.3. The van der Waals surface area contributed by atoms with Crippen LogP contribution in [0.15, 0.2) is 11.1 Å². The molecule has 6 rings (SSSR count). The van der Waals surface area contributed by atoms with Crippen LogP contribution >= 0.6 is 0 Å². The highest BCUT2D eigenvalue weighted by Gasteiger charge is 2.48. The van der Waals surface area contributed by atoms with Gasteiger partial charge in [0, 0.05) is 0 Å². The van der Waals surface area contributed by atoms with Gasteiger partial charge in [0.2, 0.25) is 0 Å². The quantitative estimate of drug-likeness (QED) is 0.665. The second kappa shape index (κ2) is 4.91. The molecule has 0 heterocycles. The van der Waals surface area contributed by atoms with E-state index in [9.17, 15) is 0 Å². The van der Waals surface area contributed by atoms with E-state index < -0.39 is 0 Å². The van der Waals surface area contributed by atoms with E-state index in [-0.39, 0.29) is 0 Å². The highest BCUT2D eigenvalue weighted by molar-refractivity contribution is 5.35. The van der Waals surface area contributed by atoms with Gasteiger partial charge in [0.25, 0.3) is 0 Å². The van der Waals surface area contributed by atoms with Gasteiger partial charge in [0.15, 0.2) is 0 Å². The molecule has 106 valence electrons. The molecule has 1 nitrogen and oxygen atoms in total. The lowest BCUT2D eigenvalue weighted by molar-refractivity contribution is 0.0311. The number of ether oxygens (including phenoxy) is 1. The maximum atomic E-state index is 6.28. The minimum atomic E-state index is 0.422. The third-order valence-corrected chi connectivity index (χ3v) is 6.36. The highest BCUT2D eigenvalue weighted by atomic mass is 16.5. The van der Waals surface area contributed by atoms with Gasteiger partial charge in [-0.15, -0.1) is 0 Å². The number of allylic oxidation sites excluding steroid dienone is 1. The number of fused-ring (bicyclic) bond motifs is 1. The molecule has 3 atom stereocenters. The SMILES string of the molecule is CC(OCC1CCCCC1)C1=C2C3CC(C1)CC2C3. The van der Waals surface area contributed by atoms with Crippen molar-refractivity contribution in [1.29, 1.82) is 0 Å². The van der Waals surface area contributed by atoms with Crippen molar-refractivity contribution in [2.75, 3.05) is 6.61 Å². The molecule has 19 heavy (non-hydrogen) atoms. The topological polar surface area (TPSA) is 9.23 Å². The van der Waals surface area contributed by atoms with Crippen LogP contribution < -0.4 is 0 Å². The zero-order valence-corrected chi connectivity index (χ0v) is 12.4. The van der Waals surface area contributed by atoms with Crippen molar-refractivity contribution < 1.29 is 4.74 Å². The van der Waals surface area contributed by atoms with Crippen LogP contribution in [0.3, 0.4) is 0 Å². The molecule has 3 unspecified atom stereocenters. The summed E-state index contributed by atoms with van der Waals surface area (Å²) in [5.74, 6) is 3.83. The molecule has 4 saturated carbocycles. The van der Waals surface area contributed by atoms with Gasteiger partial charge in [-0.05, 0) is 74.7 Å². The summed E-state index contributed by atoms with van der Waals surface area (Å²) >= 11 is 0. The summed E-state index contributed by atoms with van der Waals surface area (Å²) in [7, 11) is 0. The summed E-state index contributed by atoms with van der Waals surface area (Å²) in [5, 5.41) is 0. The van der Waals surface area contributed by atoms with Crippen molar-refractivity contribution in [1.82, 2.24) is 0 Å². The summed E-state index contributed by atoms with van der Waals surface area (Å²) in [4.78, 5) is 0. The third kappa shape index (κ3) is 2.18. The van der Waals surface area contributed by atoms with Crippen molar-refractivity contribution in [2.24, 2.45) is 23.7 Å². The number of hydrogen-bond donors (Lipinski definition) is 0. The predicted molar refractivity (Wildman–Crippen MR) is 78.0 cm³/mol. The number of rotatable bonds is 4. The van der Waals surface area contributed by atoms with E-state index in [2.05, 4.69) is 6.92 Å². The lowest BCUT2D eigenvalue weighted by atomic mass is 9.51. The molecule has 1 heteroatoms. The fourth-order valence-electron chi connectivity index (χ4n) is 5.37. The standard InChI is InChI=1S/C18H28O/c1-12(19-11-13-5-3-2-4-6-13)17-9-14-7-15-10-16(8-14)18(15)17/h12-16H,2-11H2,1H3. The van der Waals surface area contributed by atoms with E-state index in [1.807, 2.05) is 5.57 Å². The molecule has 6 aliphatic carbocycles.